The molecule has 9 heteroatoms. The molecule has 0 aromatic carbocycles. The van der Waals surface area contributed by atoms with Gasteiger partial charge in [-0.05, 0) is 29.6 Å². The van der Waals surface area contributed by atoms with Crippen LogP contribution in [0.25, 0.3) is 27.5 Å². The van der Waals surface area contributed by atoms with Crippen LogP contribution in [0.3, 0.4) is 0 Å². The molecule has 2 aliphatic heterocycles. The molecule has 8 nitrogen and oxygen atoms in total. The Morgan fingerprint density at radius 2 is 2.16 bits per heavy atom. The van der Waals surface area contributed by atoms with E-state index in [1.165, 1.54) is 0 Å². The monoisotopic (exact) mass is 446 g/mol. The minimum absolute atomic E-state index is 0.0259. The average Bonchev–Trinajstić information content (AvgIpc) is 3.39. The summed E-state index contributed by atoms with van der Waals surface area (Å²) >= 11 is 1.65. The first-order valence-electron chi connectivity index (χ1n) is 10.7. The van der Waals surface area contributed by atoms with Gasteiger partial charge in [0.15, 0.2) is 5.65 Å². The average molecular weight is 447 g/mol. The predicted molar refractivity (Wildman–Crippen MR) is 122 cm³/mol. The summed E-state index contributed by atoms with van der Waals surface area (Å²) in [5.41, 5.74) is 3.75. The Kier molecular flexibility index (Phi) is 4.94. The van der Waals surface area contributed by atoms with E-state index in [2.05, 4.69) is 15.4 Å². The van der Waals surface area contributed by atoms with E-state index < -0.39 is 0 Å². The largest absolute Gasteiger partial charge is 0.379 e. The van der Waals surface area contributed by atoms with Crippen LogP contribution in [0.15, 0.2) is 54.3 Å². The van der Waals surface area contributed by atoms with E-state index in [4.69, 9.17) is 9.72 Å². The minimum atomic E-state index is 0.0259. The molecule has 162 valence electrons. The van der Waals surface area contributed by atoms with E-state index in [9.17, 15) is 4.79 Å². The molecule has 6 heterocycles. The van der Waals surface area contributed by atoms with E-state index in [-0.39, 0.29) is 11.9 Å². The molecule has 0 aliphatic carbocycles. The minimum Gasteiger partial charge on any atom is -0.379 e. The molecule has 2 bridgehead atoms. The number of pyridine rings is 1. The van der Waals surface area contributed by atoms with Gasteiger partial charge in [0.05, 0.1) is 41.2 Å². The first kappa shape index (κ1) is 19.5. The Labute approximate surface area is 188 Å². The summed E-state index contributed by atoms with van der Waals surface area (Å²) in [7, 11) is 0. The molecule has 0 radical (unpaired) electrons. The third-order valence-electron chi connectivity index (χ3n) is 6.00. The summed E-state index contributed by atoms with van der Waals surface area (Å²) in [6.45, 7) is 3.56. The summed E-state index contributed by atoms with van der Waals surface area (Å²) in [5, 5.41) is 9.97. The Bertz CT molecular complexity index is 1260. The highest BCUT2D eigenvalue weighted by atomic mass is 32.1. The second-order valence-corrected chi connectivity index (χ2v) is 9.21. The molecule has 4 aromatic rings. The lowest BCUT2D eigenvalue weighted by Crippen LogP contribution is -2.44. The van der Waals surface area contributed by atoms with Gasteiger partial charge in [-0.3, -0.25) is 9.78 Å². The first-order valence-corrected chi connectivity index (χ1v) is 11.6. The Hall–Kier alpha value is -3.14. The quantitative estimate of drug-likeness (QED) is 0.521. The fourth-order valence-electron chi connectivity index (χ4n) is 4.39. The molecule has 2 fully saturated rings. The van der Waals surface area contributed by atoms with Gasteiger partial charge < -0.3 is 15.0 Å². The zero-order chi connectivity index (χ0) is 21.5. The van der Waals surface area contributed by atoms with Crippen molar-refractivity contribution in [2.45, 2.75) is 6.04 Å². The number of nitrogens with one attached hydrogen (secondary N) is 1. The van der Waals surface area contributed by atoms with Crippen LogP contribution >= 0.6 is 11.3 Å². The Balaban J connectivity index is 1.33. The highest BCUT2D eigenvalue weighted by Crippen LogP contribution is 2.27. The fraction of sp³-hybridized carbons (Fsp3) is 0.304. The second-order valence-electron chi connectivity index (χ2n) is 8.27. The third kappa shape index (κ3) is 3.58. The van der Waals surface area contributed by atoms with Gasteiger partial charge in [0.25, 0.3) is 5.91 Å². The predicted octanol–water partition coefficient (Wildman–Crippen LogP) is 2.58. The number of carbonyl (C=O) groups is 1. The molecule has 1 amide bonds. The van der Waals surface area contributed by atoms with Gasteiger partial charge >= 0.3 is 0 Å². The third-order valence-corrected chi connectivity index (χ3v) is 6.89. The van der Waals surface area contributed by atoms with Crippen LogP contribution in [0.5, 0.6) is 0 Å². The van der Waals surface area contributed by atoms with E-state index in [1.807, 2.05) is 40.7 Å². The van der Waals surface area contributed by atoms with Crippen molar-refractivity contribution in [3.63, 3.8) is 0 Å². The standard InChI is InChI=1S/C23H22N6O2S/c30-23(28-11-15-9-25-17(12-28)14-31-13-15)16-3-5-24-20(8-16)18-10-26-29-6-4-19(27-22(18)29)21-2-1-7-32-21/h1-8,10,15,17,25H,9,11-14H2/t15?,17-/m1/s1. The Morgan fingerprint density at radius 3 is 3.06 bits per heavy atom. The number of ether oxygens (including phenoxy) is 1. The molecular formula is C23H22N6O2S. The lowest BCUT2D eigenvalue weighted by molar-refractivity contribution is 0.0488. The van der Waals surface area contributed by atoms with Crippen molar-refractivity contribution in [2.75, 3.05) is 32.8 Å². The molecule has 1 N–H and O–H groups in total. The summed E-state index contributed by atoms with van der Waals surface area (Å²) in [6.07, 6.45) is 5.35. The molecule has 32 heavy (non-hydrogen) atoms. The number of hydrogen-bond acceptors (Lipinski definition) is 7. The van der Waals surface area contributed by atoms with E-state index in [1.54, 1.807) is 34.3 Å². The lowest BCUT2D eigenvalue weighted by atomic mass is 10.1. The molecule has 4 aromatic heterocycles. The highest BCUT2D eigenvalue weighted by Gasteiger charge is 2.30. The molecule has 0 spiro atoms. The number of fused-ring (bicyclic) bond motifs is 4. The molecule has 1 unspecified atom stereocenters. The van der Waals surface area contributed by atoms with Crippen molar-refractivity contribution in [1.82, 2.24) is 29.8 Å². The van der Waals surface area contributed by atoms with Gasteiger partial charge in [-0.2, -0.15) is 5.10 Å². The number of rotatable bonds is 3. The molecule has 2 saturated heterocycles. The van der Waals surface area contributed by atoms with Crippen LogP contribution in [0.2, 0.25) is 0 Å². The van der Waals surface area contributed by atoms with Crippen molar-refractivity contribution >= 4 is 22.9 Å². The molecule has 2 atom stereocenters. The molecular weight excluding hydrogens is 424 g/mol. The summed E-state index contributed by atoms with van der Waals surface area (Å²) in [6, 6.07) is 9.83. The number of nitrogens with zero attached hydrogens (tertiary/aromatic N) is 5. The van der Waals surface area contributed by atoms with Gasteiger partial charge in [-0.15, -0.1) is 11.3 Å². The maximum absolute atomic E-state index is 13.4. The van der Waals surface area contributed by atoms with Crippen molar-refractivity contribution < 1.29 is 9.53 Å². The fourth-order valence-corrected chi connectivity index (χ4v) is 5.08. The van der Waals surface area contributed by atoms with Crippen LogP contribution < -0.4 is 5.32 Å². The van der Waals surface area contributed by atoms with E-state index >= 15 is 0 Å². The number of thiophene rings is 1. The van der Waals surface area contributed by atoms with Gasteiger partial charge in [0, 0.05) is 49.6 Å². The van der Waals surface area contributed by atoms with Crippen LogP contribution in [-0.2, 0) is 4.74 Å². The van der Waals surface area contributed by atoms with Crippen molar-refractivity contribution in [2.24, 2.45) is 5.92 Å². The van der Waals surface area contributed by atoms with Crippen molar-refractivity contribution in [3.8, 4) is 21.8 Å². The van der Waals surface area contributed by atoms with E-state index in [0.717, 1.165) is 28.3 Å². The molecule has 0 saturated carbocycles. The summed E-state index contributed by atoms with van der Waals surface area (Å²) in [5.74, 6) is 0.338. The highest BCUT2D eigenvalue weighted by molar-refractivity contribution is 7.13. The van der Waals surface area contributed by atoms with Gasteiger partial charge in [-0.1, -0.05) is 6.07 Å². The van der Waals surface area contributed by atoms with Gasteiger partial charge in [0.2, 0.25) is 0 Å². The zero-order valence-electron chi connectivity index (χ0n) is 17.3. The topological polar surface area (TPSA) is 84.7 Å². The summed E-state index contributed by atoms with van der Waals surface area (Å²) in [4.78, 5) is 25.8. The van der Waals surface area contributed by atoms with Crippen LogP contribution in [-0.4, -0.2) is 69.3 Å². The van der Waals surface area contributed by atoms with E-state index in [0.29, 0.717) is 43.5 Å². The lowest BCUT2D eigenvalue weighted by Gasteiger charge is -2.28. The summed E-state index contributed by atoms with van der Waals surface area (Å²) < 4.78 is 7.46. The van der Waals surface area contributed by atoms with Crippen molar-refractivity contribution in [1.29, 1.82) is 0 Å². The number of hydrogen-bond donors (Lipinski definition) is 1. The molecule has 6 rings (SSSR count). The maximum atomic E-state index is 13.4. The van der Waals surface area contributed by atoms with Crippen LogP contribution in [0.4, 0.5) is 0 Å². The maximum Gasteiger partial charge on any atom is 0.254 e. The first-order chi connectivity index (χ1) is 15.7. The number of amides is 1. The smallest absolute Gasteiger partial charge is 0.254 e. The number of carbonyl (C=O) groups excluding carboxylic acids is 1. The molecule has 2 aliphatic rings. The number of aromatic nitrogens is 4. The van der Waals surface area contributed by atoms with Crippen LogP contribution in [0, 0.1) is 5.92 Å². The van der Waals surface area contributed by atoms with Crippen LogP contribution in [0.1, 0.15) is 10.4 Å². The zero-order valence-corrected chi connectivity index (χ0v) is 18.2. The van der Waals surface area contributed by atoms with Crippen molar-refractivity contribution in [3.05, 3.63) is 59.9 Å². The Morgan fingerprint density at radius 1 is 1.19 bits per heavy atom. The van der Waals surface area contributed by atoms with Gasteiger partial charge in [-0.25, -0.2) is 9.50 Å². The SMILES string of the molecule is O=C(c1ccnc(-c2cnn3ccc(-c4cccs4)nc23)c1)N1CC2CN[C@@H](COC2)C1. The van der Waals surface area contributed by atoms with Gasteiger partial charge in [0.1, 0.15) is 0 Å². The normalized spacial score (nSPS) is 20.9. The second kappa shape index (κ2) is 8.09.